The van der Waals surface area contributed by atoms with E-state index < -0.39 is 0 Å². The van der Waals surface area contributed by atoms with Gasteiger partial charge in [0.25, 0.3) is 5.91 Å². The van der Waals surface area contributed by atoms with Crippen molar-refractivity contribution in [2.24, 2.45) is 0 Å². The van der Waals surface area contributed by atoms with Gasteiger partial charge in [0.2, 0.25) is 5.91 Å². The molecule has 0 unspecified atom stereocenters. The van der Waals surface area contributed by atoms with Crippen LogP contribution in [0.4, 0.5) is 5.69 Å². The third kappa shape index (κ3) is 4.46. The number of carbonyl (C=O) groups is 2. The van der Waals surface area contributed by atoms with Gasteiger partial charge in [-0.25, -0.2) is 0 Å². The van der Waals surface area contributed by atoms with Crippen LogP contribution in [0.3, 0.4) is 0 Å². The average molecular weight is 392 g/mol. The molecule has 0 bridgehead atoms. The van der Waals surface area contributed by atoms with Gasteiger partial charge in [-0.05, 0) is 51.6 Å². The highest BCUT2D eigenvalue weighted by Crippen LogP contribution is 2.32. The molecule has 0 atom stereocenters. The highest BCUT2D eigenvalue weighted by Gasteiger charge is 2.33. The molecule has 27 heavy (non-hydrogen) atoms. The van der Waals surface area contributed by atoms with Crippen LogP contribution < -0.4 is 10.2 Å². The van der Waals surface area contributed by atoms with Gasteiger partial charge in [0.05, 0.1) is 10.7 Å². The van der Waals surface area contributed by atoms with Crippen LogP contribution in [0, 0.1) is 0 Å². The summed E-state index contributed by atoms with van der Waals surface area (Å²) in [6, 6.07) is 5.19. The van der Waals surface area contributed by atoms with Gasteiger partial charge in [-0.3, -0.25) is 9.59 Å². The lowest BCUT2D eigenvalue weighted by Crippen LogP contribution is -2.52. The van der Waals surface area contributed by atoms with Gasteiger partial charge in [0.15, 0.2) is 0 Å². The molecule has 3 rings (SSSR count). The lowest BCUT2D eigenvalue weighted by Gasteiger charge is -2.39. The molecule has 1 aromatic rings. The Morgan fingerprint density at radius 3 is 2.48 bits per heavy atom. The van der Waals surface area contributed by atoms with E-state index in [1.165, 1.54) is 25.7 Å². The first-order chi connectivity index (χ1) is 12.9. The molecule has 1 aromatic carbocycles. The Hall–Kier alpha value is -1.59. The summed E-state index contributed by atoms with van der Waals surface area (Å²) in [5.41, 5.74) is 1.21. The Labute approximate surface area is 167 Å². The van der Waals surface area contributed by atoms with Crippen molar-refractivity contribution in [2.45, 2.75) is 56.9 Å². The van der Waals surface area contributed by atoms with Gasteiger partial charge >= 0.3 is 0 Å². The van der Waals surface area contributed by atoms with Crippen LogP contribution in [-0.2, 0) is 4.79 Å². The van der Waals surface area contributed by atoms with Crippen LogP contribution in [0.25, 0.3) is 0 Å². The second-order valence-electron chi connectivity index (χ2n) is 8.03. The smallest absolute Gasteiger partial charge is 0.251 e. The van der Waals surface area contributed by atoms with Gasteiger partial charge in [-0.15, -0.1) is 0 Å². The van der Waals surface area contributed by atoms with Gasteiger partial charge in [-0.1, -0.05) is 37.3 Å². The van der Waals surface area contributed by atoms with Gasteiger partial charge in [0, 0.05) is 30.6 Å². The van der Waals surface area contributed by atoms with Gasteiger partial charge in [0.1, 0.15) is 0 Å². The molecule has 0 aromatic heterocycles. The second kappa shape index (κ2) is 8.61. The Bertz CT molecular complexity index is 697. The van der Waals surface area contributed by atoms with Crippen molar-refractivity contribution in [2.75, 3.05) is 32.1 Å². The third-order valence-corrected chi connectivity index (χ3v) is 6.45. The number of carbonyl (C=O) groups excluding carboxylic acids is 2. The summed E-state index contributed by atoms with van der Waals surface area (Å²) < 4.78 is 0. The fourth-order valence-electron chi connectivity index (χ4n) is 4.28. The molecule has 1 heterocycles. The van der Waals surface area contributed by atoms with Crippen LogP contribution in [0.15, 0.2) is 18.2 Å². The minimum Gasteiger partial charge on any atom is -0.350 e. The molecule has 2 fully saturated rings. The molecule has 148 valence electrons. The molecule has 1 saturated carbocycles. The topological polar surface area (TPSA) is 52.7 Å². The molecular weight excluding hydrogens is 362 g/mol. The fourth-order valence-corrected chi connectivity index (χ4v) is 4.50. The molecule has 6 heteroatoms. The van der Waals surface area contributed by atoms with E-state index in [0.717, 1.165) is 19.3 Å². The number of rotatable bonds is 5. The van der Waals surface area contributed by atoms with Crippen LogP contribution in [0.5, 0.6) is 0 Å². The third-order valence-electron chi connectivity index (χ3n) is 6.13. The molecular formula is C21H30ClN3O2. The molecule has 2 aliphatic rings. The minimum atomic E-state index is -0.106. The highest BCUT2D eigenvalue weighted by atomic mass is 35.5. The summed E-state index contributed by atoms with van der Waals surface area (Å²) in [4.78, 5) is 28.8. The molecule has 1 N–H and O–H groups in total. The van der Waals surface area contributed by atoms with Gasteiger partial charge < -0.3 is 15.1 Å². The zero-order chi connectivity index (χ0) is 19.4. The predicted octanol–water partition coefficient (Wildman–Crippen LogP) is 3.85. The summed E-state index contributed by atoms with van der Waals surface area (Å²) in [5, 5.41) is 3.65. The first-order valence-corrected chi connectivity index (χ1v) is 10.4. The van der Waals surface area contributed by atoms with Crippen molar-refractivity contribution in [3.8, 4) is 0 Å². The van der Waals surface area contributed by atoms with Crippen molar-refractivity contribution < 1.29 is 9.59 Å². The molecule has 1 saturated heterocycles. The second-order valence-corrected chi connectivity index (χ2v) is 8.44. The van der Waals surface area contributed by atoms with E-state index in [1.54, 1.807) is 23.1 Å². The lowest BCUT2D eigenvalue weighted by atomic mass is 9.88. The average Bonchev–Trinajstić information content (AvgIpc) is 2.92. The number of amides is 2. The van der Waals surface area contributed by atoms with E-state index in [1.807, 2.05) is 0 Å². The van der Waals surface area contributed by atoms with Crippen molar-refractivity contribution in [3.63, 3.8) is 0 Å². The number of halogens is 1. The number of nitrogens with one attached hydrogen (secondary N) is 1. The number of benzene rings is 1. The summed E-state index contributed by atoms with van der Waals surface area (Å²) in [7, 11) is 4.22. The maximum atomic E-state index is 12.8. The van der Waals surface area contributed by atoms with Crippen molar-refractivity contribution in [1.29, 1.82) is 0 Å². The first-order valence-electron chi connectivity index (χ1n) is 9.98. The summed E-state index contributed by atoms with van der Waals surface area (Å²) in [6.07, 6.45) is 8.53. The van der Waals surface area contributed by atoms with E-state index in [4.69, 9.17) is 11.6 Å². The van der Waals surface area contributed by atoms with Crippen molar-refractivity contribution >= 4 is 29.1 Å². The number of anilines is 1. The summed E-state index contributed by atoms with van der Waals surface area (Å²) in [5.74, 6) is -0.0375. The van der Waals surface area contributed by atoms with E-state index in [9.17, 15) is 9.59 Å². The lowest BCUT2D eigenvalue weighted by molar-refractivity contribution is -0.117. The Balaban J connectivity index is 1.73. The number of hydrogen-bond donors (Lipinski definition) is 1. The normalized spacial score (nSPS) is 20.0. The zero-order valence-electron chi connectivity index (χ0n) is 16.4. The van der Waals surface area contributed by atoms with E-state index in [0.29, 0.717) is 35.8 Å². The molecule has 0 radical (unpaired) electrons. The van der Waals surface area contributed by atoms with Crippen LogP contribution in [0.2, 0.25) is 5.02 Å². The largest absolute Gasteiger partial charge is 0.350 e. The molecule has 0 spiro atoms. The minimum absolute atomic E-state index is 0.0202. The monoisotopic (exact) mass is 391 g/mol. The first kappa shape index (κ1) is 20.2. The fraction of sp³-hybridized carbons (Fsp3) is 0.619. The van der Waals surface area contributed by atoms with Crippen molar-refractivity contribution in [3.05, 3.63) is 28.8 Å². The van der Waals surface area contributed by atoms with Crippen molar-refractivity contribution in [1.82, 2.24) is 10.2 Å². The highest BCUT2D eigenvalue weighted by molar-refractivity contribution is 6.34. The van der Waals surface area contributed by atoms with Crippen LogP contribution in [-0.4, -0.2) is 49.4 Å². The van der Waals surface area contributed by atoms with E-state index in [2.05, 4.69) is 24.3 Å². The molecule has 1 aliphatic heterocycles. The Morgan fingerprint density at radius 2 is 1.89 bits per heavy atom. The number of hydrogen-bond acceptors (Lipinski definition) is 3. The maximum absolute atomic E-state index is 12.8. The zero-order valence-corrected chi connectivity index (χ0v) is 17.1. The van der Waals surface area contributed by atoms with Crippen LogP contribution >= 0.6 is 11.6 Å². The van der Waals surface area contributed by atoms with E-state index in [-0.39, 0.29) is 17.4 Å². The van der Waals surface area contributed by atoms with Gasteiger partial charge in [-0.2, -0.15) is 0 Å². The number of likely N-dealkylation sites (N-methyl/N-ethyl adjacent to an activating group) is 1. The standard InChI is InChI=1S/C21H30ClN3O2/c1-24(2)21(11-5-3-4-6-12-21)15-23-20(27)16-9-10-17(22)18(14-16)25-13-7-8-19(25)26/h9-10,14H,3-8,11-13,15H2,1-2H3,(H,23,27). The van der Waals surface area contributed by atoms with Crippen LogP contribution in [0.1, 0.15) is 61.7 Å². The quantitative estimate of drug-likeness (QED) is 0.775. The Kier molecular flexibility index (Phi) is 6.43. The SMILES string of the molecule is CN(C)C1(CNC(=O)c2ccc(Cl)c(N3CCCC3=O)c2)CCCCCC1. The summed E-state index contributed by atoms with van der Waals surface area (Å²) >= 11 is 6.29. The molecule has 2 amide bonds. The maximum Gasteiger partial charge on any atom is 0.251 e. The molecule has 1 aliphatic carbocycles. The van der Waals surface area contributed by atoms with E-state index >= 15 is 0 Å². The Morgan fingerprint density at radius 1 is 1.19 bits per heavy atom. The predicted molar refractivity (Wildman–Crippen MR) is 109 cm³/mol. The number of nitrogens with zero attached hydrogens (tertiary/aromatic N) is 2. The summed E-state index contributed by atoms with van der Waals surface area (Å²) in [6.45, 7) is 1.30. The molecule has 5 nitrogen and oxygen atoms in total.